The molecule has 0 aliphatic rings. The van der Waals surface area contributed by atoms with Gasteiger partial charge in [-0.25, -0.2) is 0 Å². The molecule has 0 aromatic rings. The fourth-order valence-electron chi connectivity index (χ4n) is 1.28. The van der Waals surface area contributed by atoms with E-state index in [1.165, 1.54) is 0 Å². The van der Waals surface area contributed by atoms with E-state index in [0.29, 0.717) is 25.9 Å². The van der Waals surface area contributed by atoms with Crippen LogP contribution in [0.25, 0.3) is 0 Å². The molecule has 0 rings (SSSR count). The van der Waals surface area contributed by atoms with Gasteiger partial charge in [0.05, 0.1) is 17.8 Å². The van der Waals surface area contributed by atoms with Gasteiger partial charge in [-0.1, -0.05) is 12.7 Å². The molecule has 1 N–H and O–H groups in total. The first-order chi connectivity index (χ1) is 8.16. The zero-order valence-electron chi connectivity index (χ0n) is 12.0. The van der Waals surface area contributed by atoms with Crippen LogP contribution in [-0.4, -0.2) is 35.5 Å². The topological polar surface area (TPSA) is 55.8 Å². The van der Waals surface area contributed by atoms with Crippen molar-refractivity contribution in [3.05, 3.63) is 12.7 Å². The normalized spacial score (nSPS) is 12.3. The molecule has 4 heteroatoms. The van der Waals surface area contributed by atoms with Gasteiger partial charge in [0, 0.05) is 6.42 Å². The summed E-state index contributed by atoms with van der Waals surface area (Å²) >= 11 is 0. The average molecular weight is 258 g/mol. The van der Waals surface area contributed by atoms with E-state index in [1.54, 1.807) is 19.9 Å². The maximum Gasteiger partial charge on any atom is 0.306 e. The van der Waals surface area contributed by atoms with E-state index < -0.39 is 11.2 Å². The first-order valence-corrected chi connectivity index (χ1v) is 6.29. The Kier molecular flexibility index (Phi) is 7.18. The van der Waals surface area contributed by atoms with Crippen molar-refractivity contribution in [1.29, 1.82) is 0 Å². The van der Waals surface area contributed by atoms with Gasteiger partial charge in [-0.05, 0) is 40.5 Å². The second-order valence-corrected chi connectivity index (χ2v) is 5.64. The number of carbonyl (C=O) groups excluding carboxylic acids is 1. The van der Waals surface area contributed by atoms with E-state index in [0.717, 1.165) is 0 Å². The lowest BCUT2D eigenvalue weighted by molar-refractivity contribution is -0.144. The highest BCUT2D eigenvalue weighted by Crippen LogP contribution is 2.19. The van der Waals surface area contributed by atoms with Crippen LogP contribution in [0.3, 0.4) is 0 Å². The Morgan fingerprint density at radius 2 is 1.89 bits per heavy atom. The fraction of sp³-hybridized carbons (Fsp3) is 0.786. The van der Waals surface area contributed by atoms with Gasteiger partial charge in [0.25, 0.3) is 0 Å². The molecule has 0 spiro atoms. The van der Waals surface area contributed by atoms with Crippen molar-refractivity contribution in [3.8, 4) is 0 Å². The van der Waals surface area contributed by atoms with E-state index in [2.05, 4.69) is 6.58 Å². The molecule has 0 unspecified atom stereocenters. The lowest BCUT2D eigenvalue weighted by atomic mass is 10.0. The molecule has 106 valence electrons. The van der Waals surface area contributed by atoms with Gasteiger partial charge < -0.3 is 14.6 Å². The summed E-state index contributed by atoms with van der Waals surface area (Å²) in [5.41, 5.74) is -1.11. The molecule has 0 saturated carbocycles. The molecule has 0 aliphatic heterocycles. The molecule has 0 aromatic carbocycles. The molecule has 0 heterocycles. The first-order valence-electron chi connectivity index (χ1n) is 6.29. The van der Waals surface area contributed by atoms with Gasteiger partial charge in [-0.2, -0.15) is 0 Å². The summed E-state index contributed by atoms with van der Waals surface area (Å²) in [6.07, 6.45) is 3.03. The second kappa shape index (κ2) is 7.54. The number of esters is 1. The quantitative estimate of drug-likeness (QED) is 0.510. The predicted octanol–water partition coefficient (Wildman–Crippen LogP) is 2.45. The molecule has 0 fully saturated rings. The third-order valence-electron chi connectivity index (χ3n) is 2.50. The van der Waals surface area contributed by atoms with Gasteiger partial charge >= 0.3 is 5.97 Å². The van der Waals surface area contributed by atoms with Crippen molar-refractivity contribution in [2.24, 2.45) is 0 Å². The minimum absolute atomic E-state index is 0.242. The highest BCUT2D eigenvalue weighted by molar-refractivity contribution is 5.69. The maximum absolute atomic E-state index is 11.3. The van der Waals surface area contributed by atoms with E-state index in [1.807, 2.05) is 13.8 Å². The van der Waals surface area contributed by atoms with Crippen LogP contribution in [0, 0.1) is 0 Å². The summed E-state index contributed by atoms with van der Waals surface area (Å²) in [6, 6.07) is 0. The monoisotopic (exact) mass is 258 g/mol. The average Bonchev–Trinajstić information content (AvgIpc) is 2.21. The third-order valence-corrected chi connectivity index (χ3v) is 2.50. The molecular weight excluding hydrogens is 232 g/mol. The minimum Gasteiger partial charge on any atom is -0.461 e. The molecular formula is C14H26O4. The molecule has 0 saturated heterocycles. The Labute approximate surface area is 110 Å². The van der Waals surface area contributed by atoms with Crippen LogP contribution in [0.15, 0.2) is 12.7 Å². The van der Waals surface area contributed by atoms with Crippen LogP contribution in [0.1, 0.15) is 47.0 Å². The molecule has 0 bridgehead atoms. The summed E-state index contributed by atoms with van der Waals surface area (Å²) in [7, 11) is 0. The first kappa shape index (κ1) is 17.1. The molecule has 0 aliphatic carbocycles. The molecule has 0 aromatic heterocycles. The molecule has 0 amide bonds. The summed E-state index contributed by atoms with van der Waals surface area (Å²) in [6.45, 7) is 11.5. The second-order valence-electron chi connectivity index (χ2n) is 5.64. The minimum atomic E-state index is -0.723. The van der Waals surface area contributed by atoms with Gasteiger partial charge in [0.2, 0.25) is 0 Å². The van der Waals surface area contributed by atoms with Crippen molar-refractivity contribution in [2.75, 3.05) is 13.2 Å². The zero-order chi connectivity index (χ0) is 14.2. The van der Waals surface area contributed by atoms with Gasteiger partial charge in [0.15, 0.2) is 0 Å². The van der Waals surface area contributed by atoms with Crippen molar-refractivity contribution in [3.63, 3.8) is 0 Å². The van der Waals surface area contributed by atoms with E-state index in [9.17, 15) is 9.90 Å². The lowest BCUT2D eigenvalue weighted by Gasteiger charge is -2.27. The summed E-state index contributed by atoms with van der Waals surface area (Å²) in [4.78, 5) is 11.3. The van der Waals surface area contributed by atoms with Crippen molar-refractivity contribution < 1.29 is 19.4 Å². The van der Waals surface area contributed by atoms with Crippen LogP contribution >= 0.6 is 0 Å². The Hall–Kier alpha value is -0.870. The molecule has 0 atom stereocenters. The van der Waals surface area contributed by atoms with E-state index in [-0.39, 0.29) is 12.6 Å². The number of ether oxygens (including phenoxy) is 2. The standard InChI is InChI=1S/C14H26O4/c1-6-10-17-12(15)7-8-14(4,5)18-11-9-13(2,3)16/h6,16H,1,7-11H2,2-5H3. The van der Waals surface area contributed by atoms with Gasteiger partial charge in [-0.3, -0.25) is 4.79 Å². The zero-order valence-corrected chi connectivity index (χ0v) is 12.0. The van der Waals surface area contributed by atoms with Crippen LogP contribution in [0.2, 0.25) is 0 Å². The Morgan fingerprint density at radius 3 is 2.39 bits per heavy atom. The third kappa shape index (κ3) is 10.3. The van der Waals surface area contributed by atoms with Crippen molar-refractivity contribution >= 4 is 5.97 Å². The fourth-order valence-corrected chi connectivity index (χ4v) is 1.28. The summed E-state index contributed by atoms with van der Waals surface area (Å²) in [5, 5.41) is 9.57. The highest BCUT2D eigenvalue weighted by atomic mass is 16.5. The Morgan fingerprint density at radius 1 is 1.28 bits per heavy atom. The van der Waals surface area contributed by atoms with Crippen LogP contribution < -0.4 is 0 Å². The number of rotatable bonds is 9. The molecule has 18 heavy (non-hydrogen) atoms. The number of hydrogen-bond donors (Lipinski definition) is 1. The van der Waals surface area contributed by atoms with Gasteiger partial charge in [0.1, 0.15) is 6.61 Å². The summed E-state index contributed by atoms with van der Waals surface area (Å²) in [5.74, 6) is -0.242. The maximum atomic E-state index is 11.3. The number of aliphatic hydroxyl groups is 1. The molecule has 0 radical (unpaired) electrons. The number of hydrogen-bond acceptors (Lipinski definition) is 4. The van der Waals surface area contributed by atoms with Crippen LogP contribution in [0.5, 0.6) is 0 Å². The summed E-state index contributed by atoms with van der Waals surface area (Å²) < 4.78 is 10.6. The van der Waals surface area contributed by atoms with E-state index >= 15 is 0 Å². The smallest absolute Gasteiger partial charge is 0.306 e. The van der Waals surface area contributed by atoms with Gasteiger partial charge in [-0.15, -0.1) is 0 Å². The van der Waals surface area contributed by atoms with Crippen LogP contribution in [-0.2, 0) is 14.3 Å². The Bertz CT molecular complexity index is 263. The molecule has 4 nitrogen and oxygen atoms in total. The largest absolute Gasteiger partial charge is 0.461 e. The van der Waals surface area contributed by atoms with Crippen LogP contribution in [0.4, 0.5) is 0 Å². The number of carbonyl (C=O) groups is 1. The SMILES string of the molecule is C=CCOC(=O)CCC(C)(C)OCCC(C)(C)O. The highest BCUT2D eigenvalue weighted by Gasteiger charge is 2.22. The van der Waals surface area contributed by atoms with E-state index in [4.69, 9.17) is 9.47 Å². The Balaban J connectivity index is 3.85. The lowest BCUT2D eigenvalue weighted by Crippen LogP contribution is -2.29. The van der Waals surface area contributed by atoms with Crippen molar-refractivity contribution in [2.45, 2.75) is 58.2 Å². The van der Waals surface area contributed by atoms with Crippen molar-refractivity contribution in [1.82, 2.24) is 0 Å². The predicted molar refractivity (Wildman–Crippen MR) is 71.3 cm³/mol.